The Morgan fingerprint density at radius 2 is 1.90 bits per heavy atom. The molecule has 6 rings (SSSR count). The second-order valence-corrected chi connectivity index (χ2v) is 8.07. The molecule has 0 spiro atoms. The Labute approximate surface area is 173 Å². The second-order valence-electron chi connectivity index (χ2n) is 8.07. The minimum atomic E-state index is -0.151. The molecule has 6 nitrogen and oxygen atoms in total. The minimum absolute atomic E-state index is 0.151. The van der Waals surface area contributed by atoms with Crippen LogP contribution in [0.2, 0.25) is 0 Å². The third-order valence-corrected chi connectivity index (χ3v) is 6.04. The van der Waals surface area contributed by atoms with Gasteiger partial charge >= 0.3 is 5.69 Å². The van der Waals surface area contributed by atoms with Crippen LogP contribution in [-0.2, 0) is 6.54 Å². The molecule has 148 valence electrons. The molecule has 6 heteroatoms. The lowest BCUT2D eigenvalue weighted by Gasteiger charge is -2.32. The van der Waals surface area contributed by atoms with E-state index in [1.54, 1.807) is 10.6 Å². The zero-order valence-electron chi connectivity index (χ0n) is 16.6. The number of aromatic nitrogens is 4. The molecule has 1 aliphatic rings. The molecular formula is C24H21N5O. The van der Waals surface area contributed by atoms with Gasteiger partial charge in [-0.15, -0.1) is 5.10 Å². The van der Waals surface area contributed by atoms with Crippen molar-refractivity contribution < 1.29 is 0 Å². The number of rotatable bonds is 2. The Hall–Kier alpha value is -3.64. The van der Waals surface area contributed by atoms with Crippen molar-refractivity contribution >= 4 is 16.6 Å². The summed E-state index contributed by atoms with van der Waals surface area (Å²) in [5.41, 5.74) is 6.22. The lowest BCUT2D eigenvalue weighted by atomic mass is 9.87. The smallest absolute Gasteiger partial charge is 0.355 e. The Kier molecular flexibility index (Phi) is 3.70. The molecule has 0 saturated heterocycles. The third-order valence-electron chi connectivity index (χ3n) is 6.04. The van der Waals surface area contributed by atoms with Crippen LogP contribution in [0.5, 0.6) is 0 Å². The molecule has 30 heavy (non-hydrogen) atoms. The largest absolute Gasteiger partial charge is 0.358 e. The zero-order chi connectivity index (χ0) is 20.2. The van der Waals surface area contributed by atoms with Crippen molar-refractivity contribution in [2.24, 2.45) is 0 Å². The molecule has 5 aromatic rings. The molecule has 2 aromatic carbocycles. The number of likely N-dealkylation sites (N-methyl/N-ethyl adjacent to an activating group) is 1. The van der Waals surface area contributed by atoms with Gasteiger partial charge in [0.05, 0.1) is 5.69 Å². The van der Waals surface area contributed by atoms with Crippen LogP contribution in [0.4, 0.5) is 0 Å². The van der Waals surface area contributed by atoms with Gasteiger partial charge in [0.25, 0.3) is 0 Å². The molecule has 0 fully saturated rings. The van der Waals surface area contributed by atoms with Crippen molar-refractivity contribution in [3.63, 3.8) is 0 Å². The van der Waals surface area contributed by atoms with Crippen LogP contribution >= 0.6 is 0 Å². The van der Waals surface area contributed by atoms with Gasteiger partial charge in [-0.05, 0) is 60.0 Å². The van der Waals surface area contributed by atoms with E-state index in [-0.39, 0.29) is 11.6 Å². The fourth-order valence-electron chi connectivity index (χ4n) is 4.61. The molecule has 4 heterocycles. The topological polar surface area (TPSA) is 58.3 Å². The van der Waals surface area contributed by atoms with E-state index >= 15 is 0 Å². The van der Waals surface area contributed by atoms with Gasteiger partial charge in [-0.3, -0.25) is 0 Å². The predicted octanol–water partition coefficient (Wildman–Crippen LogP) is 3.54. The highest BCUT2D eigenvalue weighted by Gasteiger charge is 2.26. The Bertz CT molecular complexity index is 1420. The summed E-state index contributed by atoms with van der Waals surface area (Å²) in [6.45, 7) is 1.80. The molecule has 3 aromatic heterocycles. The highest BCUT2D eigenvalue weighted by atomic mass is 16.2. The first-order valence-corrected chi connectivity index (χ1v) is 10.1. The van der Waals surface area contributed by atoms with Gasteiger partial charge in [0.1, 0.15) is 0 Å². The van der Waals surface area contributed by atoms with Gasteiger partial charge in [-0.1, -0.05) is 30.3 Å². The number of nitrogens with one attached hydrogen (secondary N) is 1. The van der Waals surface area contributed by atoms with Gasteiger partial charge in [0.2, 0.25) is 0 Å². The van der Waals surface area contributed by atoms with E-state index in [4.69, 9.17) is 0 Å². The maximum Gasteiger partial charge on any atom is 0.355 e. The summed E-state index contributed by atoms with van der Waals surface area (Å²) in [7, 11) is 2.14. The molecular weight excluding hydrogens is 374 g/mol. The van der Waals surface area contributed by atoms with E-state index in [0.29, 0.717) is 5.65 Å². The molecule has 1 N–H and O–H groups in total. The Balaban J connectivity index is 1.47. The minimum Gasteiger partial charge on any atom is -0.358 e. The SMILES string of the molecule is CN1Cc2cc(-n3nc4ccccn4c3=O)ccc2C(c2cc3ccccc3[nH]2)C1. The van der Waals surface area contributed by atoms with Crippen molar-refractivity contribution in [1.82, 2.24) is 24.1 Å². The van der Waals surface area contributed by atoms with Crippen LogP contribution in [0.3, 0.4) is 0 Å². The van der Waals surface area contributed by atoms with Crippen molar-refractivity contribution in [2.45, 2.75) is 12.5 Å². The Morgan fingerprint density at radius 1 is 1.03 bits per heavy atom. The highest BCUT2D eigenvalue weighted by Crippen LogP contribution is 2.34. The number of aromatic amines is 1. The summed E-state index contributed by atoms with van der Waals surface area (Å²) >= 11 is 0. The van der Waals surface area contributed by atoms with Gasteiger partial charge in [-0.2, -0.15) is 4.68 Å². The van der Waals surface area contributed by atoms with E-state index in [2.05, 4.69) is 64.5 Å². The molecule has 0 bridgehead atoms. The summed E-state index contributed by atoms with van der Waals surface area (Å²) in [5.74, 6) is 0.262. The fraction of sp³-hybridized carbons (Fsp3) is 0.167. The molecule has 1 unspecified atom stereocenters. The number of pyridine rings is 1. The number of nitrogens with zero attached hydrogens (tertiary/aromatic N) is 4. The van der Waals surface area contributed by atoms with E-state index in [0.717, 1.165) is 24.3 Å². The van der Waals surface area contributed by atoms with Crippen LogP contribution in [-0.4, -0.2) is 37.7 Å². The first kappa shape index (κ1) is 17.2. The van der Waals surface area contributed by atoms with E-state index in [9.17, 15) is 4.79 Å². The lowest BCUT2D eigenvalue weighted by Crippen LogP contribution is -2.31. The van der Waals surface area contributed by atoms with Crippen molar-refractivity contribution in [1.29, 1.82) is 0 Å². The quantitative estimate of drug-likeness (QED) is 0.497. The molecule has 1 atom stereocenters. The van der Waals surface area contributed by atoms with Crippen LogP contribution < -0.4 is 5.69 Å². The van der Waals surface area contributed by atoms with Crippen molar-refractivity contribution in [3.05, 3.63) is 100 Å². The summed E-state index contributed by atoms with van der Waals surface area (Å²) in [4.78, 5) is 18.7. The maximum atomic E-state index is 12.8. The molecule has 0 aliphatic carbocycles. The molecule has 1 aliphatic heterocycles. The second kappa shape index (κ2) is 6.43. The summed E-state index contributed by atoms with van der Waals surface area (Å²) < 4.78 is 3.06. The number of hydrogen-bond donors (Lipinski definition) is 1. The van der Waals surface area contributed by atoms with E-state index in [1.165, 1.54) is 26.9 Å². The number of benzene rings is 2. The zero-order valence-corrected chi connectivity index (χ0v) is 16.6. The Morgan fingerprint density at radius 3 is 2.77 bits per heavy atom. The van der Waals surface area contributed by atoms with Crippen molar-refractivity contribution in [2.75, 3.05) is 13.6 Å². The first-order chi connectivity index (χ1) is 14.7. The summed E-state index contributed by atoms with van der Waals surface area (Å²) in [5, 5.41) is 5.74. The first-order valence-electron chi connectivity index (χ1n) is 10.1. The van der Waals surface area contributed by atoms with Crippen LogP contribution in [0.15, 0.2) is 77.7 Å². The summed E-state index contributed by atoms with van der Waals surface area (Å²) in [6, 6.07) is 22.5. The van der Waals surface area contributed by atoms with Crippen LogP contribution in [0, 0.1) is 0 Å². The highest BCUT2D eigenvalue weighted by molar-refractivity contribution is 5.80. The molecule has 0 saturated carbocycles. The molecule has 0 radical (unpaired) electrons. The van der Waals surface area contributed by atoms with Gasteiger partial charge in [0.15, 0.2) is 5.65 Å². The van der Waals surface area contributed by atoms with Gasteiger partial charge in [0, 0.05) is 36.4 Å². The third kappa shape index (κ3) is 2.61. The lowest BCUT2D eigenvalue weighted by molar-refractivity contribution is 0.293. The average Bonchev–Trinajstić information content (AvgIpc) is 3.34. The van der Waals surface area contributed by atoms with Crippen molar-refractivity contribution in [3.8, 4) is 5.69 Å². The maximum absolute atomic E-state index is 12.8. The van der Waals surface area contributed by atoms with E-state index < -0.39 is 0 Å². The molecule has 0 amide bonds. The average molecular weight is 395 g/mol. The predicted molar refractivity (Wildman–Crippen MR) is 117 cm³/mol. The number of fused-ring (bicyclic) bond motifs is 3. The van der Waals surface area contributed by atoms with Crippen LogP contribution in [0.1, 0.15) is 22.7 Å². The normalized spacial score (nSPS) is 16.9. The monoisotopic (exact) mass is 395 g/mol. The number of hydrogen-bond acceptors (Lipinski definition) is 3. The fourth-order valence-corrected chi connectivity index (χ4v) is 4.61. The van der Waals surface area contributed by atoms with Crippen LogP contribution in [0.25, 0.3) is 22.2 Å². The standard InChI is InChI=1S/C24H21N5O/c1-27-14-17-12-18(29-24(30)28-11-5-4-8-23(28)26-29)9-10-19(17)20(15-27)22-13-16-6-2-3-7-21(16)25-22/h2-13,20,25H,14-15H2,1H3. The van der Waals surface area contributed by atoms with Gasteiger partial charge in [-0.25, -0.2) is 9.20 Å². The van der Waals surface area contributed by atoms with Gasteiger partial charge < -0.3 is 9.88 Å². The summed E-state index contributed by atoms with van der Waals surface area (Å²) in [6.07, 6.45) is 1.75. The van der Waals surface area contributed by atoms with E-state index in [1.807, 2.05) is 24.3 Å². The number of para-hydroxylation sites is 1. The number of H-pyrrole nitrogens is 1.